The zero-order chi connectivity index (χ0) is 18.8. The van der Waals surface area contributed by atoms with Gasteiger partial charge in [-0.1, -0.05) is 6.92 Å². The lowest BCUT2D eigenvalue weighted by atomic mass is 10.2. The van der Waals surface area contributed by atoms with Gasteiger partial charge in [-0.2, -0.15) is 0 Å². The van der Waals surface area contributed by atoms with Crippen molar-refractivity contribution in [3.63, 3.8) is 0 Å². The molecule has 0 aliphatic carbocycles. The minimum Gasteiger partial charge on any atom is -0.495 e. The predicted octanol–water partition coefficient (Wildman–Crippen LogP) is 2.93. The van der Waals surface area contributed by atoms with Crippen molar-refractivity contribution in [3.8, 4) is 5.75 Å². The van der Waals surface area contributed by atoms with Gasteiger partial charge in [-0.3, -0.25) is 14.5 Å². The highest BCUT2D eigenvalue weighted by atomic mass is 32.1. The van der Waals surface area contributed by atoms with Crippen LogP contribution in [0.25, 0.3) is 0 Å². The summed E-state index contributed by atoms with van der Waals surface area (Å²) in [4.78, 5) is 40.1. The number of thiophene rings is 1. The molecule has 8 heteroatoms. The number of piperazine rings is 1. The van der Waals surface area contributed by atoms with Gasteiger partial charge in [-0.05, 0) is 20.8 Å². The van der Waals surface area contributed by atoms with Gasteiger partial charge in [0.2, 0.25) is 5.91 Å². The Morgan fingerprint density at radius 2 is 1.96 bits per heavy atom. The van der Waals surface area contributed by atoms with E-state index in [9.17, 15) is 14.4 Å². The molecule has 1 aliphatic rings. The summed E-state index contributed by atoms with van der Waals surface area (Å²) < 4.78 is 10.6. The standard InChI is InChI=1S/C17H24N2O5S/c1-6-11(20)15-12(23-5)9-14(25-15)19-8-7-18(10-13(19)21)16(22)24-17(2,3)4/h9H,6-8,10H2,1-5H3. The van der Waals surface area contributed by atoms with E-state index in [1.54, 1.807) is 38.7 Å². The zero-order valence-electron chi connectivity index (χ0n) is 15.2. The van der Waals surface area contributed by atoms with Gasteiger partial charge in [0.15, 0.2) is 5.78 Å². The minimum absolute atomic E-state index is 0.0204. The Morgan fingerprint density at radius 3 is 2.48 bits per heavy atom. The molecule has 0 saturated carbocycles. The first-order chi connectivity index (χ1) is 11.7. The normalized spacial score (nSPS) is 15.3. The Hall–Kier alpha value is -2.09. The molecule has 1 fully saturated rings. The maximum Gasteiger partial charge on any atom is 0.410 e. The maximum absolute atomic E-state index is 12.5. The zero-order valence-corrected chi connectivity index (χ0v) is 16.1. The van der Waals surface area contributed by atoms with Crippen molar-refractivity contribution in [3.05, 3.63) is 10.9 Å². The third kappa shape index (κ3) is 4.50. The molecule has 7 nitrogen and oxygen atoms in total. The van der Waals surface area contributed by atoms with Crippen molar-refractivity contribution < 1.29 is 23.9 Å². The summed E-state index contributed by atoms with van der Waals surface area (Å²) >= 11 is 1.24. The maximum atomic E-state index is 12.5. The third-order valence-corrected chi connectivity index (χ3v) is 4.80. The molecule has 2 heterocycles. The van der Waals surface area contributed by atoms with Crippen molar-refractivity contribution in [2.45, 2.75) is 39.7 Å². The summed E-state index contributed by atoms with van der Waals surface area (Å²) in [7, 11) is 1.50. The number of carbonyl (C=O) groups excluding carboxylic acids is 3. The van der Waals surface area contributed by atoms with Crippen LogP contribution < -0.4 is 9.64 Å². The lowest BCUT2D eigenvalue weighted by Gasteiger charge is -2.34. The first kappa shape index (κ1) is 19.2. The molecule has 0 N–H and O–H groups in total. The highest BCUT2D eigenvalue weighted by Crippen LogP contribution is 2.37. The number of anilines is 1. The van der Waals surface area contributed by atoms with Crippen LogP contribution in [-0.4, -0.2) is 55.0 Å². The van der Waals surface area contributed by atoms with Gasteiger partial charge in [-0.15, -0.1) is 11.3 Å². The number of hydrogen-bond acceptors (Lipinski definition) is 6. The molecule has 0 atom stereocenters. The van der Waals surface area contributed by atoms with Gasteiger partial charge >= 0.3 is 6.09 Å². The third-order valence-electron chi connectivity index (χ3n) is 3.62. The van der Waals surface area contributed by atoms with E-state index in [0.29, 0.717) is 35.1 Å². The highest BCUT2D eigenvalue weighted by Gasteiger charge is 2.32. The second-order valence-corrected chi connectivity index (χ2v) is 7.74. The van der Waals surface area contributed by atoms with Crippen LogP contribution >= 0.6 is 11.3 Å². The Bertz CT molecular complexity index is 677. The van der Waals surface area contributed by atoms with E-state index >= 15 is 0 Å². The first-order valence-corrected chi connectivity index (χ1v) is 8.97. The Kier molecular flexibility index (Phi) is 5.72. The number of ether oxygens (including phenoxy) is 2. The van der Waals surface area contributed by atoms with Gasteiger partial charge in [0.1, 0.15) is 27.8 Å². The van der Waals surface area contributed by atoms with Gasteiger partial charge in [-0.25, -0.2) is 4.79 Å². The quantitative estimate of drug-likeness (QED) is 0.764. The van der Waals surface area contributed by atoms with Crippen LogP contribution in [0, 0.1) is 0 Å². The molecule has 1 saturated heterocycles. The Morgan fingerprint density at radius 1 is 1.28 bits per heavy atom. The lowest BCUT2D eigenvalue weighted by Crippen LogP contribution is -2.53. The summed E-state index contributed by atoms with van der Waals surface area (Å²) in [6.07, 6.45) is -0.123. The molecule has 2 rings (SSSR count). The summed E-state index contributed by atoms with van der Waals surface area (Å²) in [6.45, 7) is 7.81. The number of carbonyl (C=O) groups is 3. The van der Waals surface area contributed by atoms with E-state index in [1.807, 2.05) is 0 Å². The summed E-state index contributed by atoms with van der Waals surface area (Å²) in [5, 5.41) is 0.655. The van der Waals surface area contributed by atoms with Gasteiger partial charge in [0, 0.05) is 25.6 Å². The monoisotopic (exact) mass is 368 g/mol. The average Bonchev–Trinajstić information content (AvgIpc) is 2.96. The molecule has 0 unspecified atom stereocenters. The summed E-state index contributed by atoms with van der Waals surface area (Å²) in [5.74, 6) is 0.249. The molecule has 0 aromatic carbocycles. The molecule has 1 aromatic rings. The smallest absolute Gasteiger partial charge is 0.410 e. The van der Waals surface area contributed by atoms with E-state index < -0.39 is 11.7 Å². The van der Waals surface area contributed by atoms with Crippen LogP contribution in [0.1, 0.15) is 43.8 Å². The Balaban J connectivity index is 2.12. The molecule has 2 amide bonds. The lowest BCUT2D eigenvalue weighted by molar-refractivity contribution is -0.121. The molecular weight excluding hydrogens is 344 g/mol. The van der Waals surface area contributed by atoms with Crippen molar-refractivity contribution >= 4 is 34.1 Å². The number of Topliss-reactive ketones (excluding diaryl/α,β-unsaturated/α-hetero) is 1. The SMILES string of the molecule is CCC(=O)c1sc(N2CCN(C(=O)OC(C)(C)C)CC2=O)cc1OC. The highest BCUT2D eigenvalue weighted by molar-refractivity contribution is 7.18. The van der Waals surface area contributed by atoms with Crippen LogP contribution in [-0.2, 0) is 9.53 Å². The van der Waals surface area contributed by atoms with E-state index in [4.69, 9.17) is 9.47 Å². The molecule has 0 spiro atoms. The van der Waals surface area contributed by atoms with E-state index in [0.717, 1.165) is 0 Å². The molecule has 25 heavy (non-hydrogen) atoms. The number of ketones is 1. The van der Waals surface area contributed by atoms with Crippen LogP contribution in [0.3, 0.4) is 0 Å². The fourth-order valence-corrected chi connectivity index (χ4v) is 3.57. The van der Waals surface area contributed by atoms with Crippen molar-refractivity contribution in [2.75, 3.05) is 31.6 Å². The number of methoxy groups -OCH3 is 1. The van der Waals surface area contributed by atoms with Crippen LogP contribution in [0.4, 0.5) is 9.80 Å². The number of amides is 2. The molecule has 0 bridgehead atoms. The topological polar surface area (TPSA) is 76.2 Å². The van der Waals surface area contributed by atoms with Crippen LogP contribution in [0.2, 0.25) is 0 Å². The number of hydrogen-bond donors (Lipinski definition) is 0. The largest absolute Gasteiger partial charge is 0.495 e. The van der Waals surface area contributed by atoms with Crippen LogP contribution in [0.15, 0.2) is 6.07 Å². The van der Waals surface area contributed by atoms with E-state index in [2.05, 4.69) is 0 Å². The molecule has 1 aromatic heterocycles. The predicted molar refractivity (Wildman–Crippen MR) is 95.7 cm³/mol. The summed E-state index contributed by atoms with van der Waals surface area (Å²) in [5.41, 5.74) is -0.603. The van der Waals surface area contributed by atoms with Gasteiger partial charge < -0.3 is 14.4 Å². The van der Waals surface area contributed by atoms with Crippen LogP contribution in [0.5, 0.6) is 5.75 Å². The average molecular weight is 368 g/mol. The van der Waals surface area contributed by atoms with Crippen molar-refractivity contribution in [1.82, 2.24) is 4.90 Å². The first-order valence-electron chi connectivity index (χ1n) is 8.15. The fourth-order valence-electron chi connectivity index (χ4n) is 2.39. The van der Waals surface area contributed by atoms with E-state index in [1.165, 1.54) is 23.3 Å². The van der Waals surface area contributed by atoms with Gasteiger partial charge in [0.25, 0.3) is 0 Å². The fraction of sp³-hybridized carbons (Fsp3) is 0.588. The van der Waals surface area contributed by atoms with Gasteiger partial charge in [0.05, 0.1) is 7.11 Å². The Labute approximate surface area is 151 Å². The minimum atomic E-state index is -0.603. The molecule has 1 aliphatic heterocycles. The van der Waals surface area contributed by atoms with Crippen molar-refractivity contribution in [1.29, 1.82) is 0 Å². The number of rotatable bonds is 4. The summed E-state index contributed by atoms with van der Waals surface area (Å²) in [6, 6.07) is 1.70. The molecular formula is C17H24N2O5S. The second kappa shape index (κ2) is 7.43. The molecule has 0 radical (unpaired) electrons. The van der Waals surface area contributed by atoms with Crippen molar-refractivity contribution in [2.24, 2.45) is 0 Å². The molecule has 138 valence electrons. The second-order valence-electron chi connectivity index (χ2n) is 6.71. The van der Waals surface area contributed by atoms with E-state index in [-0.39, 0.29) is 18.2 Å². The number of nitrogens with zero attached hydrogens (tertiary/aromatic N) is 2.